The number of aromatic nitrogens is 4. The predicted molar refractivity (Wildman–Crippen MR) is 134 cm³/mol. The lowest BCUT2D eigenvalue weighted by atomic mass is 10.1. The van der Waals surface area contributed by atoms with Crippen molar-refractivity contribution >= 4 is 28.2 Å². The molecule has 3 N–H and O–H groups in total. The van der Waals surface area contributed by atoms with E-state index < -0.39 is 0 Å². The molecule has 0 atom stereocenters. The average molecular weight is 458 g/mol. The summed E-state index contributed by atoms with van der Waals surface area (Å²) in [6.45, 7) is 2.10. The van der Waals surface area contributed by atoms with E-state index in [0.29, 0.717) is 22.8 Å². The number of ether oxygens (including phenoxy) is 1. The molecule has 9 nitrogen and oxygen atoms in total. The molecule has 1 aliphatic rings. The van der Waals surface area contributed by atoms with Gasteiger partial charge in [-0.25, -0.2) is 15.0 Å². The highest BCUT2D eigenvalue weighted by Gasteiger charge is 2.18. The Bertz CT molecular complexity index is 1330. The molecule has 0 aliphatic carbocycles. The van der Waals surface area contributed by atoms with Gasteiger partial charge >= 0.3 is 0 Å². The number of pyridine rings is 2. The van der Waals surface area contributed by atoms with Gasteiger partial charge in [-0.3, -0.25) is 4.79 Å². The molecule has 0 amide bonds. The highest BCUT2D eigenvalue weighted by Crippen LogP contribution is 2.28. The van der Waals surface area contributed by atoms with Crippen LogP contribution in [0, 0.1) is 0 Å². The van der Waals surface area contributed by atoms with Gasteiger partial charge in [0.1, 0.15) is 17.7 Å². The number of aromatic amines is 1. The fourth-order valence-electron chi connectivity index (χ4n) is 4.09. The summed E-state index contributed by atoms with van der Waals surface area (Å²) in [5.41, 5.74) is 2.03. The Labute approximate surface area is 197 Å². The largest absolute Gasteiger partial charge is 0.490 e. The van der Waals surface area contributed by atoms with Crippen LogP contribution in [-0.4, -0.2) is 58.1 Å². The Morgan fingerprint density at radius 1 is 1.09 bits per heavy atom. The number of hydrogen-bond donors (Lipinski definition) is 3. The second kappa shape index (κ2) is 9.48. The van der Waals surface area contributed by atoms with Crippen molar-refractivity contribution in [1.82, 2.24) is 24.8 Å². The van der Waals surface area contributed by atoms with Gasteiger partial charge in [0.15, 0.2) is 0 Å². The summed E-state index contributed by atoms with van der Waals surface area (Å²) in [5, 5.41) is 7.48. The fraction of sp³-hybridized carbons (Fsp3) is 0.280. The van der Waals surface area contributed by atoms with Gasteiger partial charge in [0.2, 0.25) is 5.95 Å². The zero-order chi connectivity index (χ0) is 23.5. The van der Waals surface area contributed by atoms with E-state index >= 15 is 0 Å². The number of benzene rings is 1. The second-order valence-corrected chi connectivity index (χ2v) is 8.44. The first-order valence-corrected chi connectivity index (χ1v) is 11.3. The topological polar surface area (TPSA) is 108 Å². The molecule has 174 valence electrons. The summed E-state index contributed by atoms with van der Waals surface area (Å²) >= 11 is 0. The smallest absolute Gasteiger partial charge is 0.259 e. The maximum atomic E-state index is 12.6. The molecule has 0 spiro atoms. The number of fused-ring (bicyclic) bond motifs is 1. The molecule has 3 aromatic heterocycles. The monoisotopic (exact) mass is 457 g/mol. The first kappa shape index (κ1) is 21.8. The summed E-state index contributed by atoms with van der Waals surface area (Å²) < 4.78 is 6.15. The van der Waals surface area contributed by atoms with E-state index in [-0.39, 0.29) is 11.7 Å². The van der Waals surface area contributed by atoms with Gasteiger partial charge < -0.3 is 25.3 Å². The van der Waals surface area contributed by atoms with Crippen molar-refractivity contribution < 1.29 is 4.74 Å². The van der Waals surface area contributed by atoms with E-state index in [2.05, 4.69) is 37.5 Å². The van der Waals surface area contributed by atoms with Gasteiger partial charge in [-0.2, -0.15) is 0 Å². The van der Waals surface area contributed by atoms with Gasteiger partial charge in [-0.05, 0) is 61.7 Å². The number of likely N-dealkylation sites (tertiary alicyclic amines) is 1. The maximum Gasteiger partial charge on any atom is 0.259 e. The molecule has 9 heteroatoms. The Balaban J connectivity index is 1.42. The van der Waals surface area contributed by atoms with Crippen LogP contribution in [0.2, 0.25) is 0 Å². The number of anilines is 3. The lowest BCUT2D eigenvalue weighted by molar-refractivity contribution is 0.114. The van der Waals surface area contributed by atoms with Crippen LogP contribution < -0.4 is 20.9 Å². The highest BCUT2D eigenvalue weighted by atomic mass is 16.5. The summed E-state index contributed by atoms with van der Waals surface area (Å²) in [4.78, 5) is 31.0. The molecule has 5 rings (SSSR count). The van der Waals surface area contributed by atoms with E-state index in [1.807, 2.05) is 36.4 Å². The first-order valence-electron chi connectivity index (χ1n) is 11.3. The van der Waals surface area contributed by atoms with Crippen molar-refractivity contribution in [2.45, 2.75) is 18.9 Å². The molecular formula is C25H27N7O2. The Morgan fingerprint density at radius 3 is 2.53 bits per heavy atom. The van der Waals surface area contributed by atoms with E-state index in [1.165, 1.54) is 0 Å². The summed E-state index contributed by atoms with van der Waals surface area (Å²) in [6, 6.07) is 11.5. The van der Waals surface area contributed by atoms with Crippen molar-refractivity contribution in [3.8, 4) is 17.0 Å². The van der Waals surface area contributed by atoms with Crippen LogP contribution in [0.1, 0.15) is 12.8 Å². The van der Waals surface area contributed by atoms with E-state index in [4.69, 9.17) is 9.72 Å². The molecule has 4 heterocycles. The van der Waals surface area contributed by atoms with Crippen LogP contribution in [0.15, 0.2) is 59.8 Å². The zero-order valence-electron chi connectivity index (χ0n) is 19.2. The number of hydrogen-bond acceptors (Lipinski definition) is 8. The molecule has 34 heavy (non-hydrogen) atoms. The zero-order valence-corrected chi connectivity index (χ0v) is 19.2. The van der Waals surface area contributed by atoms with E-state index in [0.717, 1.165) is 48.3 Å². The minimum atomic E-state index is -0.206. The fourth-order valence-corrected chi connectivity index (χ4v) is 4.09. The third kappa shape index (κ3) is 4.69. The van der Waals surface area contributed by atoms with Crippen LogP contribution in [0.3, 0.4) is 0 Å². The number of rotatable bonds is 6. The summed E-state index contributed by atoms with van der Waals surface area (Å²) in [5.74, 6) is 1.84. The van der Waals surface area contributed by atoms with Gasteiger partial charge in [0, 0.05) is 50.0 Å². The Hall–Kier alpha value is -3.98. The van der Waals surface area contributed by atoms with Crippen LogP contribution in [0.4, 0.5) is 17.5 Å². The van der Waals surface area contributed by atoms with Crippen molar-refractivity contribution in [3.63, 3.8) is 0 Å². The van der Waals surface area contributed by atoms with E-state index in [1.54, 1.807) is 25.6 Å². The van der Waals surface area contributed by atoms with Gasteiger partial charge in [-0.1, -0.05) is 0 Å². The first-order chi connectivity index (χ1) is 16.6. The third-order valence-electron chi connectivity index (χ3n) is 6.01. The SMILES string of the molecule is CNc1ncc(-c2cc3cc[nH]c(=O)c3c(Nc3ccc(OC4CCN(C)CC4)cc3)n2)cn1. The van der Waals surface area contributed by atoms with Gasteiger partial charge in [0.05, 0.1) is 11.1 Å². The molecule has 1 aromatic carbocycles. The molecule has 4 aromatic rings. The van der Waals surface area contributed by atoms with Crippen LogP contribution >= 0.6 is 0 Å². The normalized spacial score (nSPS) is 14.8. The van der Waals surface area contributed by atoms with Crippen LogP contribution in [0.25, 0.3) is 22.0 Å². The standard InChI is InChI=1S/C25H27N7O2/c1-26-25-28-14-17(15-29-25)21-13-16-7-10-27-24(33)22(16)23(31-21)30-18-3-5-19(6-4-18)34-20-8-11-32(2)12-9-20/h3-7,10,13-15,20H,8-9,11-12H2,1-2H3,(H,27,33)(H,30,31)(H,26,28,29). The number of H-pyrrole nitrogens is 1. The highest BCUT2D eigenvalue weighted by molar-refractivity contribution is 5.95. The Morgan fingerprint density at radius 2 is 1.82 bits per heavy atom. The molecule has 0 radical (unpaired) electrons. The van der Waals surface area contributed by atoms with Crippen molar-refractivity contribution in [2.75, 3.05) is 37.8 Å². The van der Waals surface area contributed by atoms with Gasteiger partial charge in [-0.15, -0.1) is 0 Å². The van der Waals surface area contributed by atoms with E-state index in [9.17, 15) is 4.79 Å². The van der Waals surface area contributed by atoms with Gasteiger partial charge in [0.25, 0.3) is 5.56 Å². The minimum absolute atomic E-state index is 0.206. The molecule has 0 bridgehead atoms. The molecule has 1 aliphatic heterocycles. The third-order valence-corrected chi connectivity index (χ3v) is 6.01. The van der Waals surface area contributed by atoms with Crippen LogP contribution in [-0.2, 0) is 0 Å². The maximum absolute atomic E-state index is 12.6. The van der Waals surface area contributed by atoms with Crippen LogP contribution in [0.5, 0.6) is 5.75 Å². The molecule has 0 saturated carbocycles. The van der Waals surface area contributed by atoms with Crippen molar-refractivity contribution in [1.29, 1.82) is 0 Å². The quantitative estimate of drug-likeness (QED) is 0.403. The molecular weight excluding hydrogens is 430 g/mol. The second-order valence-electron chi connectivity index (χ2n) is 8.44. The minimum Gasteiger partial charge on any atom is -0.490 e. The summed E-state index contributed by atoms with van der Waals surface area (Å²) in [7, 11) is 3.90. The van der Waals surface area contributed by atoms with Crippen molar-refractivity contribution in [3.05, 3.63) is 65.3 Å². The number of nitrogens with zero attached hydrogens (tertiary/aromatic N) is 4. The number of piperidine rings is 1. The average Bonchev–Trinajstić information content (AvgIpc) is 2.86. The molecule has 0 unspecified atom stereocenters. The predicted octanol–water partition coefficient (Wildman–Crippen LogP) is 3.64. The lowest BCUT2D eigenvalue weighted by Crippen LogP contribution is -2.35. The molecule has 1 fully saturated rings. The Kier molecular flexibility index (Phi) is 6.09. The summed E-state index contributed by atoms with van der Waals surface area (Å²) in [6.07, 6.45) is 7.35. The van der Waals surface area contributed by atoms with Crippen molar-refractivity contribution in [2.24, 2.45) is 0 Å². The number of nitrogens with one attached hydrogen (secondary N) is 3. The molecule has 1 saturated heterocycles. The lowest BCUT2D eigenvalue weighted by Gasteiger charge is -2.29.